The summed E-state index contributed by atoms with van der Waals surface area (Å²) in [6, 6.07) is 9.75. The minimum Gasteiger partial charge on any atom is -0.459 e. The highest BCUT2D eigenvalue weighted by atomic mass is 16.6. The third-order valence-electron chi connectivity index (χ3n) is 2.57. The van der Waals surface area contributed by atoms with Crippen LogP contribution in [-0.4, -0.2) is 36.6 Å². The standard InChI is InChI=1S/C15H23NO2/c1-15(2,3)18-14(17)13(16(4)5)11-12-9-7-6-8-10-12/h6-10,13H,11H2,1-5H3/t13-/m0/s1. The maximum Gasteiger partial charge on any atom is 0.324 e. The molecule has 0 aromatic heterocycles. The molecule has 0 spiro atoms. The lowest BCUT2D eigenvalue weighted by atomic mass is 10.0. The van der Waals surface area contributed by atoms with Crippen molar-refractivity contribution in [2.45, 2.75) is 38.8 Å². The molecule has 0 aliphatic rings. The third kappa shape index (κ3) is 4.88. The van der Waals surface area contributed by atoms with E-state index in [1.54, 1.807) is 0 Å². The molecule has 18 heavy (non-hydrogen) atoms. The molecular weight excluding hydrogens is 226 g/mol. The molecule has 0 aliphatic heterocycles. The second-order valence-corrected chi connectivity index (χ2v) is 5.70. The number of likely N-dealkylation sites (N-methyl/N-ethyl adjacent to an activating group) is 1. The Morgan fingerprint density at radius 3 is 2.22 bits per heavy atom. The fraction of sp³-hybridized carbons (Fsp3) is 0.533. The second-order valence-electron chi connectivity index (χ2n) is 5.70. The van der Waals surface area contributed by atoms with Gasteiger partial charge in [-0.1, -0.05) is 30.3 Å². The summed E-state index contributed by atoms with van der Waals surface area (Å²) in [7, 11) is 3.80. The molecule has 0 aliphatic carbocycles. The van der Waals surface area contributed by atoms with Crippen LogP contribution in [0.25, 0.3) is 0 Å². The predicted octanol–water partition coefficient (Wildman–Crippen LogP) is 2.50. The van der Waals surface area contributed by atoms with Crippen LogP contribution in [0.1, 0.15) is 26.3 Å². The van der Waals surface area contributed by atoms with Gasteiger partial charge in [-0.25, -0.2) is 0 Å². The topological polar surface area (TPSA) is 29.5 Å². The van der Waals surface area contributed by atoms with Gasteiger partial charge in [0.1, 0.15) is 11.6 Å². The Kier molecular flexibility index (Phi) is 4.91. The number of carbonyl (C=O) groups excluding carboxylic acids is 1. The Morgan fingerprint density at radius 1 is 1.22 bits per heavy atom. The summed E-state index contributed by atoms with van der Waals surface area (Å²) >= 11 is 0. The first-order chi connectivity index (χ1) is 8.29. The van der Waals surface area contributed by atoms with Crippen LogP contribution in [0.15, 0.2) is 30.3 Å². The lowest BCUT2D eigenvalue weighted by Crippen LogP contribution is -2.42. The number of rotatable bonds is 4. The highest BCUT2D eigenvalue weighted by Crippen LogP contribution is 2.13. The van der Waals surface area contributed by atoms with Gasteiger partial charge in [-0.2, -0.15) is 0 Å². The molecule has 1 aromatic rings. The SMILES string of the molecule is CN(C)[C@@H](Cc1ccccc1)C(=O)OC(C)(C)C. The van der Waals surface area contributed by atoms with Crippen LogP contribution in [0.5, 0.6) is 0 Å². The summed E-state index contributed by atoms with van der Waals surface area (Å²) < 4.78 is 5.45. The Labute approximate surface area is 110 Å². The maximum atomic E-state index is 12.1. The van der Waals surface area contributed by atoms with Crippen LogP contribution < -0.4 is 0 Å². The molecule has 0 heterocycles. The van der Waals surface area contributed by atoms with Gasteiger partial charge in [0.05, 0.1) is 0 Å². The molecule has 0 amide bonds. The van der Waals surface area contributed by atoms with Crippen LogP contribution in [-0.2, 0) is 16.0 Å². The van der Waals surface area contributed by atoms with Gasteiger partial charge < -0.3 is 4.74 Å². The molecule has 0 unspecified atom stereocenters. The van der Waals surface area contributed by atoms with Crippen molar-refractivity contribution >= 4 is 5.97 Å². The first-order valence-corrected chi connectivity index (χ1v) is 6.23. The Bertz CT molecular complexity index is 379. The summed E-state index contributed by atoms with van der Waals surface area (Å²) in [4.78, 5) is 14.0. The number of carbonyl (C=O) groups is 1. The fourth-order valence-corrected chi connectivity index (χ4v) is 1.68. The van der Waals surface area contributed by atoms with Crippen molar-refractivity contribution in [1.29, 1.82) is 0 Å². The van der Waals surface area contributed by atoms with Crippen molar-refractivity contribution in [3.8, 4) is 0 Å². The van der Waals surface area contributed by atoms with Crippen LogP contribution in [0.3, 0.4) is 0 Å². The van der Waals surface area contributed by atoms with Crippen molar-refractivity contribution in [1.82, 2.24) is 4.90 Å². The van der Waals surface area contributed by atoms with E-state index in [9.17, 15) is 4.79 Å². The number of esters is 1. The minimum atomic E-state index is -0.442. The smallest absolute Gasteiger partial charge is 0.324 e. The molecule has 1 rings (SSSR count). The molecule has 0 saturated carbocycles. The first kappa shape index (κ1) is 14.7. The van der Waals surface area contributed by atoms with E-state index in [1.807, 2.05) is 70.1 Å². The van der Waals surface area contributed by atoms with E-state index in [-0.39, 0.29) is 12.0 Å². The van der Waals surface area contributed by atoms with Crippen molar-refractivity contribution in [2.24, 2.45) is 0 Å². The average molecular weight is 249 g/mol. The molecule has 0 bridgehead atoms. The van der Waals surface area contributed by atoms with Gasteiger partial charge in [0, 0.05) is 0 Å². The van der Waals surface area contributed by atoms with Crippen LogP contribution >= 0.6 is 0 Å². The molecule has 3 nitrogen and oxygen atoms in total. The molecule has 0 N–H and O–H groups in total. The van der Waals surface area contributed by atoms with Gasteiger partial charge in [-0.05, 0) is 46.9 Å². The van der Waals surface area contributed by atoms with E-state index in [2.05, 4.69) is 0 Å². The fourth-order valence-electron chi connectivity index (χ4n) is 1.68. The van der Waals surface area contributed by atoms with Crippen molar-refractivity contribution in [3.63, 3.8) is 0 Å². The van der Waals surface area contributed by atoms with Crippen molar-refractivity contribution in [2.75, 3.05) is 14.1 Å². The van der Waals surface area contributed by atoms with Crippen molar-refractivity contribution in [3.05, 3.63) is 35.9 Å². The molecule has 1 aromatic carbocycles. The van der Waals surface area contributed by atoms with Crippen molar-refractivity contribution < 1.29 is 9.53 Å². The largest absolute Gasteiger partial charge is 0.459 e. The Morgan fingerprint density at radius 2 is 1.78 bits per heavy atom. The van der Waals surface area contributed by atoms with Gasteiger partial charge in [0.15, 0.2) is 0 Å². The number of hydrogen-bond donors (Lipinski definition) is 0. The van der Waals surface area contributed by atoms with Gasteiger partial charge in [0.2, 0.25) is 0 Å². The zero-order valence-corrected chi connectivity index (χ0v) is 11.9. The van der Waals surface area contributed by atoms with Gasteiger partial charge >= 0.3 is 5.97 Å². The lowest BCUT2D eigenvalue weighted by Gasteiger charge is -2.27. The number of hydrogen-bond acceptors (Lipinski definition) is 3. The summed E-state index contributed by atoms with van der Waals surface area (Å²) in [5, 5.41) is 0. The number of nitrogens with zero attached hydrogens (tertiary/aromatic N) is 1. The van der Waals surface area contributed by atoms with E-state index in [0.29, 0.717) is 6.42 Å². The van der Waals surface area contributed by atoms with E-state index in [4.69, 9.17) is 4.74 Å². The number of ether oxygens (including phenoxy) is 1. The van der Waals surface area contributed by atoms with E-state index in [1.165, 1.54) is 0 Å². The molecule has 3 heteroatoms. The quantitative estimate of drug-likeness (QED) is 0.768. The molecular formula is C15H23NO2. The summed E-state index contributed by atoms with van der Waals surface area (Å²) in [6.07, 6.45) is 0.669. The van der Waals surface area contributed by atoms with Crippen LogP contribution in [0.2, 0.25) is 0 Å². The van der Waals surface area contributed by atoms with Crippen LogP contribution in [0, 0.1) is 0 Å². The highest BCUT2D eigenvalue weighted by Gasteiger charge is 2.26. The van der Waals surface area contributed by atoms with Gasteiger partial charge in [-0.15, -0.1) is 0 Å². The van der Waals surface area contributed by atoms with E-state index in [0.717, 1.165) is 5.56 Å². The maximum absolute atomic E-state index is 12.1. The Balaban J connectivity index is 2.75. The average Bonchev–Trinajstić information content (AvgIpc) is 2.24. The summed E-state index contributed by atoms with van der Waals surface area (Å²) in [6.45, 7) is 5.67. The molecule has 100 valence electrons. The molecule has 0 fully saturated rings. The zero-order valence-electron chi connectivity index (χ0n) is 11.9. The third-order valence-corrected chi connectivity index (χ3v) is 2.57. The molecule has 0 radical (unpaired) electrons. The Hall–Kier alpha value is -1.35. The minimum absolute atomic E-state index is 0.170. The monoisotopic (exact) mass is 249 g/mol. The van der Waals surface area contributed by atoms with Gasteiger partial charge in [-0.3, -0.25) is 9.69 Å². The van der Waals surface area contributed by atoms with E-state index >= 15 is 0 Å². The summed E-state index contributed by atoms with van der Waals surface area (Å²) in [5.74, 6) is -0.170. The molecule has 0 saturated heterocycles. The molecule has 1 atom stereocenters. The zero-order chi connectivity index (χ0) is 13.8. The number of benzene rings is 1. The normalized spacial score (nSPS) is 13.4. The lowest BCUT2D eigenvalue weighted by molar-refractivity contribution is -0.160. The summed E-state index contributed by atoms with van der Waals surface area (Å²) in [5.41, 5.74) is 0.698. The van der Waals surface area contributed by atoms with Gasteiger partial charge in [0.25, 0.3) is 0 Å². The predicted molar refractivity (Wildman–Crippen MR) is 73.5 cm³/mol. The van der Waals surface area contributed by atoms with Crippen LogP contribution in [0.4, 0.5) is 0 Å². The second kappa shape index (κ2) is 6.01. The highest BCUT2D eigenvalue weighted by molar-refractivity contribution is 5.76. The first-order valence-electron chi connectivity index (χ1n) is 6.23. The van der Waals surface area contributed by atoms with E-state index < -0.39 is 5.60 Å².